The second kappa shape index (κ2) is 7.69. The van der Waals surface area contributed by atoms with E-state index in [0.717, 1.165) is 0 Å². The van der Waals surface area contributed by atoms with Gasteiger partial charge in [-0.15, -0.1) is 0 Å². The number of benzene rings is 1. The molecule has 2 rings (SSSR count). The summed E-state index contributed by atoms with van der Waals surface area (Å²) in [6.45, 7) is -0.412. The molecule has 1 aromatic carbocycles. The SMILES string of the molecule is CNC(=O)c1ccc(NC(=O)COC(=O)c2cccnc2)cc1. The van der Waals surface area contributed by atoms with Crippen LogP contribution < -0.4 is 10.6 Å². The molecular weight excluding hydrogens is 298 g/mol. The van der Waals surface area contributed by atoms with Gasteiger partial charge in [-0.3, -0.25) is 14.6 Å². The molecule has 118 valence electrons. The molecule has 7 heteroatoms. The molecule has 0 saturated heterocycles. The summed E-state index contributed by atoms with van der Waals surface area (Å²) in [5.41, 5.74) is 1.25. The van der Waals surface area contributed by atoms with E-state index in [9.17, 15) is 14.4 Å². The second-order valence-corrected chi connectivity index (χ2v) is 4.52. The number of nitrogens with zero attached hydrogens (tertiary/aromatic N) is 1. The molecule has 2 amide bonds. The van der Waals surface area contributed by atoms with E-state index >= 15 is 0 Å². The zero-order valence-corrected chi connectivity index (χ0v) is 12.4. The van der Waals surface area contributed by atoms with E-state index in [1.54, 1.807) is 36.4 Å². The molecule has 0 spiro atoms. The molecule has 0 radical (unpaired) electrons. The van der Waals surface area contributed by atoms with E-state index in [-0.39, 0.29) is 11.5 Å². The zero-order chi connectivity index (χ0) is 16.7. The molecule has 0 aliphatic carbocycles. The largest absolute Gasteiger partial charge is 0.452 e. The number of nitrogens with one attached hydrogen (secondary N) is 2. The minimum atomic E-state index is -0.622. The maximum Gasteiger partial charge on any atom is 0.340 e. The Labute approximate surface area is 132 Å². The summed E-state index contributed by atoms with van der Waals surface area (Å²) in [4.78, 5) is 38.6. The van der Waals surface area contributed by atoms with Gasteiger partial charge in [-0.1, -0.05) is 0 Å². The number of rotatable bonds is 5. The Kier molecular flexibility index (Phi) is 5.40. The summed E-state index contributed by atoms with van der Waals surface area (Å²) in [6, 6.07) is 9.48. The Morgan fingerprint density at radius 2 is 1.83 bits per heavy atom. The van der Waals surface area contributed by atoms with Crippen LogP contribution in [0.1, 0.15) is 20.7 Å². The fourth-order valence-corrected chi connectivity index (χ4v) is 1.74. The fourth-order valence-electron chi connectivity index (χ4n) is 1.74. The minimum Gasteiger partial charge on any atom is -0.452 e. The van der Waals surface area contributed by atoms with Crippen LogP contribution in [0.25, 0.3) is 0 Å². The third-order valence-corrected chi connectivity index (χ3v) is 2.89. The molecule has 0 unspecified atom stereocenters. The summed E-state index contributed by atoms with van der Waals surface area (Å²) in [6.07, 6.45) is 2.89. The Bertz CT molecular complexity index is 699. The van der Waals surface area contributed by atoms with Gasteiger partial charge in [-0.25, -0.2) is 4.79 Å². The first-order valence-corrected chi connectivity index (χ1v) is 6.79. The van der Waals surface area contributed by atoms with Crippen molar-refractivity contribution in [2.75, 3.05) is 19.0 Å². The standard InChI is InChI=1S/C16H15N3O4/c1-17-15(21)11-4-6-13(7-5-11)19-14(20)10-23-16(22)12-3-2-8-18-9-12/h2-9H,10H2,1H3,(H,17,21)(H,19,20). The maximum atomic E-state index is 11.7. The van der Waals surface area contributed by atoms with Crippen molar-refractivity contribution in [1.29, 1.82) is 0 Å². The third-order valence-electron chi connectivity index (χ3n) is 2.89. The lowest BCUT2D eigenvalue weighted by Crippen LogP contribution is -2.21. The second-order valence-electron chi connectivity index (χ2n) is 4.52. The van der Waals surface area contributed by atoms with Gasteiger partial charge in [0.05, 0.1) is 5.56 Å². The van der Waals surface area contributed by atoms with Crippen LogP contribution in [0.5, 0.6) is 0 Å². The third kappa shape index (κ3) is 4.63. The van der Waals surface area contributed by atoms with Crippen molar-refractivity contribution in [3.8, 4) is 0 Å². The predicted molar refractivity (Wildman–Crippen MR) is 83.0 cm³/mol. The lowest BCUT2D eigenvalue weighted by molar-refractivity contribution is -0.119. The molecule has 7 nitrogen and oxygen atoms in total. The number of hydrogen-bond acceptors (Lipinski definition) is 5. The average molecular weight is 313 g/mol. The molecule has 2 aromatic rings. The predicted octanol–water partition coefficient (Wildman–Crippen LogP) is 1.24. The van der Waals surface area contributed by atoms with Crippen molar-refractivity contribution in [2.24, 2.45) is 0 Å². The highest BCUT2D eigenvalue weighted by molar-refractivity contribution is 5.97. The molecule has 1 heterocycles. The molecule has 0 atom stereocenters. The van der Waals surface area contributed by atoms with Crippen LogP contribution in [-0.2, 0) is 9.53 Å². The van der Waals surface area contributed by atoms with E-state index in [1.807, 2.05) is 0 Å². The van der Waals surface area contributed by atoms with Crippen LogP contribution in [0.3, 0.4) is 0 Å². The first-order chi connectivity index (χ1) is 11.1. The van der Waals surface area contributed by atoms with Gasteiger partial charge in [-0.2, -0.15) is 0 Å². The number of aromatic nitrogens is 1. The first-order valence-electron chi connectivity index (χ1n) is 6.79. The monoisotopic (exact) mass is 313 g/mol. The number of anilines is 1. The number of amides is 2. The molecule has 0 saturated carbocycles. The first kappa shape index (κ1) is 16.2. The van der Waals surface area contributed by atoms with Crippen LogP contribution in [0.4, 0.5) is 5.69 Å². The van der Waals surface area contributed by atoms with Crippen molar-refractivity contribution in [2.45, 2.75) is 0 Å². The van der Waals surface area contributed by atoms with Crippen LogP contribution >= 0.6 is 0 Å². The van der Waals surface area contributed by atoms with Gasteiger partial charge < -0.3 is 15.4 Å². The van der Waals surface area contributed by atoms with E-state index in [1.165, 1.54) is 19.4 Å². The van der Waals surface area contributed by atoms with E-state index < -0.39 is 18.5 Å². The van der Waals surface area contributed by atoms with Crippen molar-refractivity contribution in [3.63, 3.8) is 0 Å². The molecular formula is C16H15N3O4. The summed E-state index contributed by atoms with van der Waals surface area (Å²) in [5.74, 6) is -1.31. The van der Waals surface area contributed by atoms with Gasteiger partial charge in [0.2, 0.25) is 0 Å². The van der Waals surface area contributed by atoms with Crippen molar-refractivity contribution in [1.82, 2.24) is 10.3 Å². The summed E-state index contributed by atoms with van der Waals surface area (Å²) in [5, 5.41) is 5.07. The van der Waals surface area contributed by atoms with Crippen LogP contribution in [0.2, 0.25) is 0 Å². The van der Waals surface area contributed by atoms with Gasteiger partial charge in [0, 0.05) is 30.7 Å². The lowest BCUT2D eigenvalue weighted by Gasteiger charge is -2.07. The summed E-state index contributed by atoms with van der Waals surface area (Å²) in [7, 11) is 1.54. The number of carbonyl (C=O) groups is 3. The van der Waals surface area contributed by atoms with Crippen molar-refractivity contribution < 1.29 is 19.1 Å². The Hall–Kier alpha value is -3.22. The van der Waals surface area contributed by atoms with Gasteiger partial charge in [0.25, 0.3) is 11.8 Å². The molecule has 23 heavy (non-hydrogen) atoms. The smallest absolute Gasteiger partial charge is 0.340 e. The van der Waals surface area contributed by atoms with E-state index in [2.05, 4.69) is 15.6 Å². The number of hydrogen-bond donors (Lipinski definition) is 2. The van der Waals surface area contributed by atoms with Gasteiger partial charge in [-0.05, 0) is 36.4 Å². The summed E-state index contributed by atoms with van der Waals surface area (Å²) >= 11 is 0. The van der Waals surface area contributed by atoms with Gasteiger partial charge in [0.1, 0.15) is 0 Å². The normalized spacial score (nSPS) is 9.78. The van der Waals surface area contributed by atoms with Crippen LogP contribution in [0, 0.1) is 0 Å². The Balaban J connectivity index is 1.85. The summed E-state index contributed by atoms with van der Waals surface area (Å²) < 4.78 is 4.89. The molecule has 0 aliphatic rings. The number of pyridine rings is 1. The molecule has 0 fully saturated rings. The molecule has 2 N–H and O–H groups in total. The maximum absolute atomic E-state index is 11.7. The van der Waals surface area contributed by atoms with Crippen molar-refractivity contribution in [3.05, 3.63) is 59.9 Å². The van der Waals surface area contributed by atoms with Crippen LogP contribution in [0.15, 0.2) is 48.8 Å². The zero-order valence-electron chi connectivity index (χ0n) is 12.4. The van der Waals surface area contributed by atoms with E-state index in [4.69, 9.17) is 4.74 Å². The lowest BCUT2D eigenvalue weighted by atomic mass is 10.2. The van der Waals surface area contributed by atoms with Gasteiger partial charge >= 0.3 is 5.97 Å². The number of carbonyl (C=O) groups excluding carboxylic acids is 3. The average Bonchev–Trinajstić information content (AvgIpc) is 2.60. The quantitative estimate of drug-likeness (QED) is 0.809. The number of esters is 1. The molecule has 0 bridgehead atoms. The fraction of sp³-hybridized carbons (Fsp3) is 0.125. The molecule has 0 aliphatic heterocycles. The molecule has 1 aromatic heterocycles. The topological polar surface area (TPSA) is 97.4 Å². The minimum absolute atomic E-state index is 0.215. The van der Waals surface area contributed by atoms with Crippen molar-refractivity contribution >= 4 is 23.5 Å². The van der Waals surface area contributed by atoms with E-state index in [0.29, 0.717) is 11.3 Å². The van der Waals surface area contributed by atoms with Gasteiger partial charge in [0.15, 0.2) is 6.61 Å². The Morgan fingerprint density at radius 1 is 1.09 bits per heavy atom. The Morgan fingerprint density at radius 3 is 2.43 bits per heavy atom. The van der Waals surface area contributed by atoms with Crippen LogP contribution in [-0.4, -0.2) is 36.4 Å². The highest BCUT2D eigenvalue weighted by Crippen LogP contribution is 2.09. The highest BCUT2D eigenvalue weighted by Gasteiger charge is 2.10. The number of ether oxygens (including phenoxy) is 1. The highest BCUT2D eigenvalue weighted by atomic mass is 16.5.